The molecule has 187 valence electrons. The van der Waals surface area contributed by atoms with Crippen LogP contribution < -0.4 is 21.1 Å². The predicted octanol–water partition coefficient (Wildman–Crippen LogP) is -9.99. The number of pyridine rings is 2. The molecule has 0 amide bonds. The van der Waals surface area contributed by atoms with Crippen LogP contribution in [0.15, 0.2) is 58.6 Å². The first-order valence-corrected chi connectivity index (χ1v) is 6.09. The summed E-state index contributed by atoms with van der Waals surface area (Å²) in [5.74, 6) is -2.35. The quantitative estimate of drug-likeness (QED) is 0.357. The zero-order chi connectivity index (χ0) is 16.5. The Bertz CT molecular complexity index is 674. The number of nitrogens with zero attached hydrogens (tertiary/aromatic N) is 2. The van der Waals surface area contributed by atoms with E-state index in [1.165, 1.54) is 58.2 Å². The third-order valence-corrected chi connectivity index (χ3v) is 2.34. The van der Waals surface area contributed by atoms with Gasteiger partial charge in [-0.3, -0.25) is 9.59 Å². The molecule has 0 bridgehead atoms. The van der Waals surface area contributed by atoms with Gasteiger partial charge in [0, 0.05) is 49.1 Å². The Kier molecular flexibility index (Phi) is 53.3. The van der Waals surface area contributed by atoms with Crippen LogP contribution in [0.4, 0.5) is 0 Å². The minimum Gasteiger partial charge on any atom is -0.548 e. The van der Waals surface area contributed by atoms with Gasteiger partial charge in [0.05, 0.1) is 25.0 Å². The topological polar surface area (TPSA) is 385 Å². The summed E-state index contributed by atoms with van der Waals surface area (Å²) < 4.78 is 2.72. The molecular formula is C14H34CoN2O14+6. The van der Waals surface area contributed by atoms with Gasteiger partial charge in [0.25, 0.3) is 0 Å². The van der Waals surface area contributed by atoms with Crippen molar-refractivity contribution in [2.45, 2.75) is 13.1 Å². The standard InChI is InChI=1S/2C7H7NO3.Co.8H2O/c2*9-6-1-3-8(4-2-6)5-7(10)11;;;;;;;;;/h2*1-4H,5H2,(H,10,11);;8*1H2/q;;+2;;;;;;;;/p+4. The Balaban J connectivity index is -0.0000000346. The van der Waals surface area contributed by atoms with Crippen LogP contribution in [-0.4, -0.2) is 32.0 Å². The van der Waals surface area contributed by atoms with Gasteiger partial charge in [-0.15, -0.1) is 0 Å². The number of hydrogen-bond donors (Lipinski definition) is 0. The van der Waals surface area contributed by atoms with Crippen LogP contribution in [0.3, 0.4) is 0 Å². The van der Waals surface area contributed by atoms with E-state index in [1.807, 2.05) is 0 Å². The van der Waals surface area contributed by atoms with Crippen LogP contribution >= 0.6 is 0 Å². The summed E-state index contributed by atoms with van der Waals surface area (Å²) in [5, 5.41) is 20.1. The summed E-state index contributed by atoms with van der Waals surface area (Å²) in [6.45, 7) is -0.444. The average Bonchev–Trinajstić information content (AvgIpc) is 2.44. The van der Waals surface area contributed by atoms with Gasteiger partial charge < -0.3 is 72.7 Å². The van der Waals surface area contributed by atoms with Gasteiger partial charge in [0.1, 0.15) is 0 Å². The van der Waals surface area contributed by atoms with E-state index in [-0.39, 0.29) is 84.5 Å². The van der Waals surface area contributed by atoms with Crippen molar-refractivity contribution in [1.82, 2.24) is 9.13 Å². The fourth-order valence-corrected chi connectivity index (χ4v) is 1.40. The number of aliphatic carboxylic acids is 2. The molecule has 0 aromatic carbocycles. The second-order valence-corrected chi connectivity index (χ2v) is 4.16. The number of hydrogen-bond acceptors (Lipinski definition) is 6. The van der Waals surface area contributed by atoms with Crippen LogP contribution in [-0.2, 0) is 72.3 Å². The zero-order valence-corrected chi connectivity index (χ0v) is 17.2. The zero-order valence-electron chi connectivity index (χ0n) is 16.2. The molecule has 31 heavy (non-hydrogen) atoms. The second kappa shape index (κ2) is 29.2. The van der Waals surface area contributed by atoms with Crippen LogP contribution in [0, 0.1) is 0 Å². The first kappa shape index (κ1) is 56.5. The normalized spacial score (nSPS) is 6.71. The smallest absolute Gasteiger partial charge is 0.548 e. The van der Waals surface area contributed by atoms with E-state index >= 15 is 0 Å². The third-order valence-electron chi connectivity index (χ3n) is 2.34. The first-order chi connectivity index (χ1) is 10.4. The number of carboxylic acid groups (broad SMARTS) is 2. The molecule has 0 saturated carbocycles. The number of aromatic nitrogens is 2. The van der Waals surface area contributed by atoms with Crippen LogP contribution in [0.2, 0.25) is 0 Å². The van der Waals surface area contributed by atoms with E-state index in [1.54, 1.807) is 0 Å². The number of carbonyl (C=O) groups excluding carboxylic acids is 2. The molecular weight excluding hydrogens is 479 g/mol. The van der Waals surface area contributed by atoms with Crippen molar-refractivity contribution in [2.24, 2.45) is 0 Å². The molecule has 17 heteroatoms. The van der Waals surface area contributed by atoms with Gasteiger partial charge in [-0.2, -0.15) is 0 Å². The minimum atomic E-state index is -1.17. The van der Waals surface area contributed by atoms with E-state index in [9.17, 15) is 29.4 Å². The Hall–Kier alpha value is -2.97. The van der Waals surface area contributed by atoms with Gasteiger partial charge in [-0.05, 0) is 0 Å². The molecule has 2 rings (SSSR count). The van der Waals surface area contributed by atoms with Crippen molar-refractivity contribution in [1.29, 1.82) is 0 Å². The predicted molar refractivity (Wildman–Crippen MR) is 108 cm³/mol. The molecule has 2 aromatic rings. The Morgan fingerprint density at radius 2 is 0.806 bits per heavy atom. The van der Waals surface area contributed by atoms with Gasteiger partial charge in [0.2, 0.25) is 0 Å². The van der Waals surface area contributed by atoms with E-state index < -0.39 is 11.9 Å². The van der Waals surface area contributed by atoms with Gasteiger partial charge in [0.15, 0.2) is 10.9 Å². The van der Waals surface area contributed by atoms with Crippen molar-refractivity contribution in [2.75, 3.05) is 0 Å². The molecule has 0 fully saturated rings. The molecule has 1 radical (unpaired) electrons. The van der Waals surface area contributed by atoms with Crippen molar-refractivity contribution >= 4 is 11.9 Å². The Morgan fingerprint density at radius 1 is 0.613 bits per heavy atom. The van der Waals surface area contributed by atoms with Crippen LogP contribution in [0.25, 0.3) is 0 Å². The van der Waals surface area contributed by atoms with E-state index in [4.69, 9.17) is 0 Å². The molecule has 0 spiro atoms. The van der Waals surface area contributed by atoms with Crippen molar-refractivity contribution in [3.63, 3.8) is 0 Å². The summed E-state index contributed by atoms with van der Waals surface area (Å²) in [7, 11) is 0. The van der Waals surface area contributed by atoms with Crippen LogP contribution in [0.5, 0.6) is 0 Å². The third kappa shape index (κ3) is 27.0. The second-order valence-electron chi connectivity index (χ2n) is 4.16. The van der Waals surface area contributed by atoms with Gasteiger partial charge in [-0.25, -0.2) is 0 Å². The van der Waals surface area contributed by atoms with E-state index in [0.29, 0.717) is 0 Å². The van der Waals surface area contributed by atoms with E-state index in [2.05, 4.69) is 0 Å². The summed E-state index contributed by atoms with van der Waals surface area (Å²) in [6, 6.07) is 5.18. The fraction of sp³-hybridized carbons (Fsp3) is 0.143. The average molecular weight is 513 g/mol. The monoisotopic (exact) mass is 513 g/mol. The maximum absolute atomic E-state index is 10.5. The maximum Gasteiger partial charge on any atom is 2.00 e. The van der Waals surface area contributed by atoms with Crippen LogP contribution in [0.1, 0.15) is 0 Å². The molecule has 2 aromatic heterocycles. The van der Waals surface area contributed by atoms with Gasteiger partial charge in [-0.1, -0.05) is 0 Å². The molecule has 0 unspecified atom stereocenters. The molecule has 0 saturated heterocycles. The summed E-state index contributed by atoms with van der Waals surface area (Å²) >= 11 is 0. The van der Waals surface area contributed by atoms with Crippen molar-refractivity contribution < 1.29 is 80.4 Å². The number of rotatable bonds is 4. The molecule has 0 aliphatic carbocycles. The summed E-state index contributed by atoms with van der Waals surface area (Å²) in [4.78, 5) is 41.1. The minimum absolute atomic E-state index is 0. The largest absolute Gasteiger partial charge is 2.00 e. The van der Waals surface area contributed by atoms with Gasteiger partial charge >= 0.3 is 16.8 Å². The number of carboxylic acids is 2. The maximum atomic E-state index is 10.5. The molecule has 0 aliphatic heterocycles. The summed E-state index contributed by atoms with van der Waals surface area (Å²) in [5.41, 5.74) is -0.279. The number of carbonyl (C=O) groups is 2. The molecule has 2 heterocycles. The van der Waals surface area contributed by atoms with Crippen molar-refractivity contribution in [3.8, 4) is 0 Å². The summed E-state index contributed by atoms with van der Waals surface area (Å²) in [6.07, 6.45) is 5.60. The molecule has 0 atom stereocenters. The Morgan fingerprint density at radius 3 is 0.968 bits per heavy atom. The molecule has 16 nitrogen and oxygen atoms in total. The van der Waals surface area contributed by atoms with Crippen molar-refractivity contribution in [3.05, 3.63) is 69.5 Å². The molecule has 22 N–H and O–H groups in total. The van der Waals surface area contributed by atoms with E-state index in [0.717, 1.165) is 0 Å². The Labute approximate surface area is 184 Å². The SMILES string of the molecule is O.O.O=C([O-])Cn1ccc(=O)cc1.O=C([O-])Cn1ccc(=O)cc1.[Co+2].[OH3+].[OH3+].[OH3+].[OH3+].[OH3+].[OH3+]. The first-order valence-electron chi connectivity index (χ1n) is 6.09. The molecule has 0 aliphatic rings. The fourth-order valence-electron chi connectivity index (χ4n) is 1.40.